The molecule has 0 heterocycles. The molecule has 0 bridgehead atoms. The molecule has 0 aliphatic carbocycles. The summed E-state index contributed by atoms with van der Waals surface area (Å²) in [7, 11) is 0. The van der Waals surface area contributed by atoms with E-state index >= 15 is 0 Å². The lowest BCUT2D eigenvalue weighted by Crippen LogP contribution is -2.00. The van der Waals surface area contributed by atoms with E-state index in [1.165, 1.54) is 51.4 Å². The average Bonchev–Trinajstić information content (AvgIpc) is 2.41. The van der Waals surface area contributed by atoms with E-state index in [0.29, 0.717) is 0 Å². The van der Waals surface area contributed by atoms with E-state index in [1.54, 1.807) is 16.7 Å². The van der Waals surface area contributed by atoms with Gasteiger partial charge in [-0.25, -0.2) is 0 Å². The Morgan fingerprint density at radius 3 is 1.83 bits per heavy atom. The van der Waals surface area contributed by atoms with Crippen LogP contribution in [0.15, 0.2) is 18.2 Å². The predicted octanol–water partition coefficient (Wildman–Crippen LogP) is 5.72. The van der Waals surface area contributed by atoms with Crippen LogP contribution in [0.2, 0.25) is 0 Å². The summed E-state index contributed by atoms with van der Waals surface area (Å²) in [6.45, 7) is 6.81. The standard InChI is InChI=1S/C18H29/c1-4-7-11-16-13-10-14-17(12-8-5-2)18(16)15-9-6-3/h10,13-15H,4-9,11-12H2,1-3H3. The lowest BCUT2D eigenvalue weighted by atomic mass is 9.91. The fourth-order valence-electron chi connectivity index (χ4n) is 2.39. The minimum atomic E-state index is 1.21. The zero-order chi connectivity index (χ0) is 13.2. The summed E-state index contributed by atoms with van der Waals surface area (Å²) in [6, 6.07) is 6.90. The van der Waals surface area contributed by atoms with Gasteiger partial charge >= 0.3 is 0 Å². The summed E-state index contributed by atoms with van der Waals surface area (Å²) >= 11 is 0. The minimum absolute atomic E-state index is 1.21. The molecule has 0 amide bonds. The Kier molecular flexibility index (Phi) is 7.80. The topological polar surface area (TPSA) is 0 Å². The number of hydrogen-bond acceptors (Lipinski definition) is 0. The first-order valence-corrected chi connectivity index (χ1v) is 7.77. The van der Waals surface area contributed by atoms with Crippen molar-refractivity contribution in [3.63, 3.8) is 0 Å². The molecule has 0 spiro atoms. The third kappa shape index (κ3) is 4.84. The van der Waals surface area contributed by atoms with Crippen molar-refractivity contribution in [2.24, 2.45) is 0 Å². The number of aryl methyl sites for hydroxylation is 2. The first kappa shape index (κ1) is 15.3. The second-order valence-corrected chi connectivity index (χ2v) is 5.19. The smallest absolute Gasteiger partial charge is 0.00875 e. The van der Waals surface area contributed by atoms with Crippen molar-refractivity contribution >= 4 is 0 Å². The summed E-state index contributed by atoms with van der Waals surface area (Å²) in [6.07, 6.45) is 12.6. The fourth-order valence-corrected chi connectivity index (χ4v) is 2.39. The molecule has 1 aromatic carbocycles. The number of rotatable bonds is 9. The molecule has 0 saturated carbocycles. The summed E-state index contributed by atoms with van der Waals surface area (Å²) in [4.78, 5) is 0. The van der Waals surface area contributed by atoms with Crippen LogP contribution in [0.4, 0.5) is 0 Å². The van der Waals surface area contributed by atoms with Gasteiger partial charge in [0.25, 0.3) is 0 Å². The maximum atomic E-state index is 2.47. The Morgan fingerprint density at radius 1 is 0.833 bits per heavy atom. The molecule has 1 aromatic rings. The number of unbranched alkanes of at least 4 members (excludes halogenated alkanes) is 3. The van der Waals surface area contributed by atoms with Crippen molar-refractivity contribution in [1.82, 2.24) is 0 Å². The van der Waals surface area contributed by atoms with Crippen LogP contribution in [0.25, 0.3) is 0 Å². The molecular formula is C18H29. The van der Waals surface area contributed by atoms with Crippen LogP contribution >= 0.6 is 0 Å². The normalized spacial score (nSPS) is 10.8. The van der Waals surface area contributed by atoms with Gasteiger partial charge in [-0.15, -0.1) is 0 Å². The molecule has 0 saturated heterocycles. The van der Waals surface area contributed by atoms with Gasteiger partial charge in [0.1, 0.15) is 0 Å². The maximum absolute atomic E-state index is 2.47. The van der Waals surface area contributed by atoms with Crippen LogP contribution in [0, 0.1) is 6.42 Å². The maximum Gasteiger partial charge on any atom is -0.00875 e. The highest BCUT2D eigenvalue weighted by Crippen LogP contribution is 2.22. The van der Waals surface area contributed by atoms with Crippen molar-refractivity contribution in [3.05, 3.63) is 41.3 Å². The van der Waals surface area contributed by atoms with Gasteiger partial charge in [0.2, 0.25) is 0 Å². The summed E-state index contributed by atoms with van der Waals surface area (Å²) in [5.74, 6) is 0. The van der Waals surface area contributed by atoms with Crippen LogP contribution in [0.5, 0.6) is 0 Å². The Bertz CT molecular complexity index is 299. The van der Waals surface area contributed by atoms with E-state index in [1.807, 2.05) is 0 Å². The van der Waals surface area contributed by atoms with Crippen molar-refractivity contribution < 1.29 is 0 Å². The molecule has 0 unspecified atom stereocenters. The van der Waals surface area contributed by atoms with Crippen LogP contribution < -0.4 is 0 Å². The molecule has 0 fully saturated rings. The molecule has 0 aliphatic rings. The molecule has 101 valence electrons. The second-order valence-electron chi connectivity index (χ2n) is 5.19. The predicted molar refractivity (Wildman–Crippen MR) is 82.0 cm³/mol. The summed E-state index contributed by atoms with van der Waals surface area (Å²) in [5.41, 5.74) is 4.69. The number of benzene rings is 1. The van der Waals surface area contributed by atoms with Gasteiger partial charge in [0.05, 0.1) is 0 Å². The van der Waals surface area contributed by atoms with Gasteiger partial charge < -0.3 is 0 Å². The molecule has 18 heavy (non-hydrogen) atoms. The molecule has 1 radical (unpaired) electrons. The van der Waals surface area contributed by atoms with Crippen LogP contribution in [0.1, 0.15) is 76.0 Å². The lowest BCUT2D eigenvalue weighted by Gasteiger charge is -2.14. The van der Waals surface area contributed by atoms with Gasteiger partial charge in [0.15, 0.2) is 0 Å². The number of hydrogen-bond donors (Lipinski definition) is 0. The highest BCUT2D eigenvalue weighted by Gasteiger charge is 2.07. The minimum Gasteiger partial charge on any atom is -0.0654 e. The third-order valence-corrected chi connectivity index (χ3v) is 3.52. The average molecular weight is 245 g/mol. The zero-order valence-corrected chi connectivity index (χ0v) is 12.5. The third-order valence-electron chi connectivity index (χ3n) is 3.52. The molecule has 0 N–H and O–H groups in total. The molecule has 0 aromatic heterocycles. The van der Waals surface area contributed by atoms with Crippen LogP contribution in [-0.2, 0) is 12.8 Å². The first-order valence-electron chi connectivity index (χ1n) is 7.77. The largest absolute Gasteiger partial charge is 0.0654 e. The van der Waals surface area contributed by atoms with E-state index in [2.05, 4.69) is 45.4 Å². The second kappa shape index (κ2) is 9.19. The van der Waals surface area contributed by atoms with Crippen molar-refractivity contribution in [3.8, 4) is 0 Å². The van der Waals surface area contributed by atoms with E-state index in [4.69, 9.17) is 0 Å². The molecule has 0 heteroatoms. The van der Waals surface area contributed by atoms with Gasteiger partial charge in [-0.1, -0.05) is 58.2 Å². The van der Waals surface area contributed by atoms with Gasteiger partial charge in [0, 0.05) is 0 Å². The van der Waals surface area contributed by atoms with Crippen molar-refractivity contribution in [2.45, 2.75) is 72.1 Å². The molecule has 0 nitrogen and oxygen atoms in total. The Balaban J connectivity index is 2.85. The van der Waals surface area contributed by atoms with Crippen LogP contribution in [-0.4, -0.2) is 0 Å². The van der Waals surface area contributed by atoms with Gasteiger partial charge in [-0.3, -0.25) is 0 Å². The SMILES string of the molecule is CCC[CH]c1c(CCCC)cccc1CCCC. The van der Waals surface area contributed by atoms with E-state index < -0.39 is 0 Å². The fraction of sp³-hybridized carbons (Fsp3) is 0.611. The Hall–Kier alpha value is -0.780. The lowest BCUT2D eigenvalue weighted by molar-refractivity contribution is 0.769. The Morgan fingerprint density at radius 2 is 1.39 bits per heavy atom. The first-order chi connectivity index (χ1) is 8.83. The monoisotopic (exact) mass is 245 g/mol. The quantitative estimate of drug-likeness (QED) is 0.521. The highest BCUT2D eigenvalue weighted by molar-refractivity contribution is 5.40. The van der Waals surface area contributed by atoms with Crippen molar-refractivity contribution in [2.75, 3.05) is 0 Å². The van der Waals surface area contributed by atoms with E-state index in [9.17, 15) is 0 Å². The molecule has 0 aliphatic heterocycles. The summed E-state index contributed by atoms with van der Waals surface area (Å²) < 4.78 is 0. The van der Waals surface area contributed by atoms with Crippen LogP contribution in [0.3, 0.4) is 0 Å². The van der Waals surface area contributed by atoms with Gasteiger partial charge in [-0.2, -0.15) is 0 Å². The van der Waals surface area contributed by atoms with Gasteiger partial charge in [-0.05, 0) is 55.2 Å². The van der Waals surface area contributed by atoms with Crippen molar-refractivity contribution in [1.29, 1.82) is 0 Å². The molecule has 1 rings (SSSR count). The molecular weight excluding hydrogens is 216 g/mol. The van der Waals surface area contributed by atoms with E-state index in [-0.39, 0.29) is 0 Å². The molecule has 0 atom stereocenters. The Labute approximate surface area is 114 Å². The highest BCUT2D eigenvalue weighted by atomic mass is 14.1. The van der Waals surface area contributed by atoms with E-state index in [0.717, 1.165) is 0 Å². The zero-order valence-electron chi connectivity index (χ0n) is 12.5. The summed E-state index contributed by atoms with van der Waals surface area (Å²) in [5, 5.41) is 0.